The zero-order valence-corrected chi connectivity index (χ0v) is 15.2. The van der Waals surface area contributed by atoms with Gasteiger partial charge in [0.25, 0.3) is 0 Å². The Labute approximate surface area is 158 Å². The van der Waals surface area contributed by atoms with Crippen molar-refractivity contribution in [3.8, 4) is 11.5 Å². The highest BCUT2D eigenvalue weighted by Gasteiger charge is 2.30. The molecular formula is C20H24N4O3. The molecule has 7 heteroatoms. The van der Waals surface area contributed by atoms with Crippen LogP contribution in [0.4, 0.5) is 5.69 Å². The molecule has 7 nitrogen and oxygen atoms in total. The number of nitrogens with two attached hydrogens (primary N) is 1. The Kier molecular flexibility index (Phi) is 6.05. The van der Waals surface area contributed by atoms with Gasteiger partial charge in [0.1, 0.15) is 11.5 Å². The van der Waals surface area contributed by atoms with Gasteiger partial charge in [-0.05, 0) is 49.7 Å². The van der Waals surface area contributed by atoms with E-state index in [0.29, 0.717) is 24.4 Å². The molecule has 2 amide bonds. The standard InChI is InChI=1S/C20H24N4O3/c1-13-2-6-16(7-3-13)27-17-8-4-14(5-9-17)24-20(26)18-10-15(12-22-18)23-19(25)11-21/h2-9,15,18,22H,10-12,21H2,1H3,(H,23,25)(H,24,26)/t15?,18-/m0/s1. The summed E-state index contributed by atoms with van der Waals surface area (Å²) in [6.07, 6.45) is 0.534. The zero-order chi connectivity index (χ0) is 19.2. The highest BCUT2D eigenvalue weighted by Crippen LogP contribution is 2.23. The molecule has 142 valence electrons. The first-order valence-corrected chi connectivity index (χ1v) is 8.92. The Morgan fingerprint density at radius 2 is 1.74 bits per heavy atom. The van der Waals surface area contributed by atoms with E-state index in [-0.39, 0.29) is 30.4 Å². The summed E-state index contributed by atoms with van der Waals surface area (Å²) in [7, 11) is 0. The van der Waals surface area contributed by atoms with Gasteiger partial charge in [0.15, 0.2) is 0 Å². The number of nitrogens with one attached hydrogen (secondary N) is 3. The second-order valence-electron chi connectivity index (χ2n) is 6.59. The van der Waals surface area contributed by atoms with Crippen molar-refractivity contribution in [3.05, 3.63) is 54.1 Å². The average molecular weight is 368 g/mol. The van der Waals surface area contributed by atoms with Crippen molar-refractivity contribution in [1.82, 2.24) is 10.6 Å². The summed E-state index contributed by atoms with van der Waals surface area (Å²) in [4.78, 5) is 23.7. The summed E-state index contributed by atoms with van der Waals surface area (Å²) < 4.78 is 5.78. The van der Waals surface area contributed by atoms with Gasteiger partial charge in [0, 0.05) is 18.3 Å². The summed E-state index contributed by atoms with van der Waals surface area (Å²) in [5.74, 6) is 1.11. The van der Waals surface area contributed by atoms with E-state index < -0.39 is 0 Å². The molecule has 1 unspecified atom stereocenters. The van der Waals surface area contributed by atoms with Gasteiger partial charge in [-0.3, -0.25) is 9.59 Å². The average Bonchev–Trinajstić information content (AvgIpc) is 3.13. The van der Waals surface area contributed by atoms with Gasteiger partial charge in [0.05, 0.1) is 12.6 Å². The molecule has 5 N–H and O–H groups in total. The fourth-order valence-electron chi connectivity index (χ4n) is 2.91. The molecule has 0 aliphatic carbocycles. The van der Waals surface area contributed by atoms with Crippen LogP contribution in [0.1, 0.15) is 12.0 Å². The molecule has 1 heterocycles. The smallest absolute Gasteiger partial charge is 0.241 e. The van der Waals surface area contributed by atoms with Crippen LogP contribution in [-0.4, -0.2) is 37.0 Å². The van der Waals surface area contributed by atoms with E-state index in [1.807, 2.05) is 43.3 Å². The monoisotopic (exact) mass is 368 g/mol. The molecule has 2 aromatic carbocycles. The van der Waals surface area contributed by atoms with Crippen LogP contribution in [0.3, 0.4) is 0 Å². The number of ether oxygens (including phenoxy) is 1. The predicted molar refractivity (Wildman–Crippen MR) is 104 cm³/mol. The lowest BCUT2D eigenvalue weighted by molar-refractivity contribution is -0.121. The second kappa shape index (κ2) is 8.66. The SMILES string of the molecule is Cc1ccc(Oc2ccc(NC(=O)[C@@H]3CC(NC(=O)CN)CN3)cc2)cc1. The van der Waals surface area contributed by atoms with E-state index in [1.54, 1.807) is 12.1 Å². The first kappa shape index (κ1) is 18.9. The minimum absolute atomic E-state index is 0.0512. The van der Waals surface area contributed by atoms with Crippen LogP contribution in [0.2, 0.25) is 0 Å². The number of hydrogen-bond donors (Lipinski definition) is 4. The fourth-order valence-corrected chi connectivity index (χ4v) is 2.91. The molecule has 1 aliphatic rings. The first-order valence-electron chi connectivity index (χ1n) is 8.92. The van der Waals surface area contributed by atoms with Crippen LogP contribution < -0.4 is 26.4 Å². The molecule has 3 rings (SSSR count). The number of amides is 2. The fraction of sp³-hybridized carbons (Fsp3) is 0.300. The van der Waals surface area contributed by atoms with Gasteiger partial charge in [-0.1, -0.05) is 17.7 Å². The molecule has 0 saturated carbocycles. The van der Waals surface area contributed by atoms with Crippen molar-refractivity contribution in [2.75, 3.05) is 18.4 Å². The first-order chi connectivity index (χ1) is 13.0. The van der Waals surface area contributed by atoms with Crippen LogP contribution in [0.25, 0.3) is 0 Å². The molecule has 0 aromatic heterocycles. The van der Waals surface area contributed by atoms with Crippen molar-refractivity contribution < 1.29 is 14.3 Å². The molecular weight excluding hydrogens is 344 g/mol. The maximum atomic E-state index is 12.4. The molecule has 2 atom stereocenters. The summed E-state index contributed by atoms with van der Waals surface area (Å²) in [6, 6.07) is 14.6. The molecule has 27 heavy (non-hydrogen) atoms. The number of benzene rings is 2. The van der Waals surface area contributed by atoms with Crippen LogP contribution >= 0.6 is 0 Å². The van der Waals surface area contributed by atoms with Crippen LogP contribution in [0.15, 0.2) is 48.5 Å². The Morgan fingerprint density at radius 3 is 2.37 bits per heavy atom. The molecule has 0 radical (unpaired) electrons. The Morgan fingerprint density at radius 1 is 1.11 bits per heavy atom. The van der Waals surface area contributed by atoms with Crippen LogP contribution in [0, 0.1) is 6.92 Å². The van der Waals surface area contributed by atoms with E-state index in [0.717, 1.165) is 5.75 Å². The van der Waals surface area contributed by atoms with Gasteiger partial charge in [-0.25, -0.2) is 0 Å². The molecule has 2 aromatic rings. The predicted octanol–water partition coefficient (Wildman–Crippen LogP) is 1.53. The third kappa shape index (κ3) is 5.29. The molecule has 1 fully saturated rings. The topological polar surface area (TPSA) is 105 Å². The van der Waals surface area contributed by atoms with Crippen molar-refractivity contribution in [2.45, 2.75) is 25.4 Å². The Hall–Kier alpha value is -2.90. The number of carbonyl (C=O) groups is 2. The molecule has 0 bridgehead atoms. The van der Waals surface area contributed by atoms with E-state index >= 15 is 0 Å². The van der Waals surface area contributed by atoms with E-state index in [1.165, 1.54) is 5.56 Å². The second-order valence-corrected chi connectivity index (χ2v) is 6.59. The Bertz CT molecular complexity index is 790. The van der Waals surface area contributed by atoms with E-state index in [2.05, 4.69) is 16.0 Å². The lowest BCUT2D eigenvalue weighted by atomic mass is 10.1. The van der Waals surface area contributed by atoms with Gasteiger partial charge in [-0.15, -0.1) is 0 Å². The van der Waals surface area contributed by atoms with Crippen LogP contribution in [0.5, 0.6) is 11.5 Å². The summed E-state index contributed by atoms with van der Waals surface area (Å²) >= 11 is 0. The van der Waals surface area contributed by atoms with E-state index in [4.69, 9.17) is 10.5 Å². The lowest BCUT2D eigenvalue weighted by Gasteiger charge is -2.13. The minimum atomic E-state index is -0.350. The lowest BCUT2D eigenvalue weighted by Crippen LogP contribution is -2.39. The van der Waals surface area contributed by atoms with Crippen LogP contribution in [-0.2, 0) is 9.59 Å². The van der Waals surface area contributed by atoms with Gasteiger partial charge in [0.2, 0.25) is 11.8 Å². The minimum Gasteiger partial charge on any atom is -0.457 e. The molecule has 0 spiro atoms. The quantitative estimate of drug-likeness (QED) is 0.619. The van der Waals surface area contributed by atoms with Crippen molar-refractivity contribution >= 4 is 17.5 Å². The normalized spacial score (nSPS) is 18.7. The number of rotatable bonds is 6. The van der Waals surface area contributed by atoms with Crippen molar-refractivity contribution in [2.24, 2.45) is 5.73 Å². The third-order valence-corrected chi connectivity index (χ3v) is 4.38. The highest BCUT2D eigenvalue weighted by molar-refractivity contribution is 5.95. The number of hydrogen-bond acceptors (Lipinski definition) is 5. The largest absolute Gasteiger partial charge is 0.457 e. The highest BCUT2D eigenvalue weighted by atomic mass is 16.5. The van der Waals surface area contributed by atoms with Crippen molar-refractivity contribution in [1.29, 1.82) is 0 Å². The van der Waals surface area contributed by atoms with Crippen molar-refractivity contribution in [3.63, 3.8) is 0 Å². The number of aryl methyl sites for hydroxylation is 1. The summed E-state index contributed by atoms with van der Waals surface area (Å²) in [5.41, 5.74) is 7.15. The maximum Gasteiger partial charge on any atom is 0.241 e. The maximum absolute atomic E-state index is 12.4. The number of anilines is 1. The number of carbonyl (C=O) groups excluding carboxylic acids is 2. The molecule has 1 aliphatic heterocycles. The summed E-state index contributed by atoms with van der Waals surface area (Å²) in [5, 5.41) is 8.78. The van der Waals surface area contributed by atoms with E-state index in [9.17, 15) is 9.59 Å². The van der Waals surface area contributed by atoms with Gasteiger partial charge in [-0.2, -0.15) is 0 Å². The van der Waals surface area contributed by atoms with Gasteiger partial charge >= 0.3 is 0 Å². The zero-order valence-electron chi connectivity index (χ0n) is 15.2. The Balaban J connectivity index is 1.51. The van der Waals surface area contributed by atoms with Gasteiger partial charge < -0.3 is 26.4 Å². The molecule has 1 saturated heterocycles. The third-order valence-electron chi connectivity index (χ3n) is 4.38. The summed E-state index contributed by atoms with van der Waals surface area (Å²) in [6.45, 7) is 2.52.